The van der Waals surface area contributed by atoms with Crippen molar-refractivity contribution in [2.75, 3.05) is 19.8 Å². The summed E-state index contributed by atoms with van der Waals surface area (Å²) in [4.78, 5) is 17.1. The van der Waals surface area contributed by atoms with Gasteiger partial charge in [0.1, 0.15) is 6.10 Å². The standard InChI is InChI=1S/C23H49O6P/c1-2-3-4-5-6-7-8-9-10-11-12-13-14-15-16-17-18-19-20-28-21-23(24)22-29-30(25,26)27/h23-24H,2-22H2,1H3,(H2,25,26,27)/t23-/m1/s1. The van der Waals surface area contributed by atoms with Crippen molar-refractivity contribution in [3.63, 3.8) is 0 Å². The predicted molar refractivity (Wildman–Crippen MR) is 124 cm³/mol. The van der Waals surface area contributed by atoms with Gasteiger partial charge in [-0.15, -0.1) is 0 Å². The number of phosphoric acid groups is 1. The van der Waals surface area contributed by atoms with Crippen molar-refractivity contribution in [1.29, 1.82) is 0 Å². The summed E-state index contributed by atoms with van der Waals surface area (Å²) in [5.41, 5.74) is 0. The highest BCUT2D eigenvalue weighted by atomic mass is 31.2. The normalized spacial score (nSPS) is 13.1. The van der Waals surface area contributed by atoms with E-state index in [1.54, 1.807) is 0 Å². The zero-order valence-corrected chi connectivity index (χ0v) is 20.3. The van der Waals surface area contributed by atoms with E-state index < -0.39 is 20.5 Å². The fourth-order valence-electron chi connectivity index (χ4n) is 3.56. The Morgan fingerprint density at radius 1 is 0.633 bits per heavy atom. The minimum absolute atomic E-state index is 0.0406. The fourth-order valence-corrected chi connectivity index (χ4v) is 3.92. The van der Waals surface area contributed by atoms with Gasteiger partial charge in [-0.3, -0.25) is 4.52 Å². The number of aliphatic hydroxyl groups excluding tert-OH is 1. The summed E-state index contributed by atoms with van der Waals surface area (Å²) in [5, 5.41) is 9.47. The Morgan fingerprint density at radius 3 is 1.37 bits per heavy atom. The van der Waals surface area contributed by atoms with Crippen molar-refractivity contribution in [3.05, 3.63) is 0 Å². The van der Waals surface area contributed by atoms with E-state index in [9.17, 15) is 9.67 Å². The van der Waals surface area contributed by atoms with Crippen LogP contribution in [-0.4, -0.2) is 40.8 Å². The van der Waals surface area contributed by atoms with E-state index in [1.807, 2.05) is 0 Å². The molecule has 0 unspecified atom stereocenters. The van der Waals surface area contributed by atoms with Crippen molar-refractivity contribution in [3.8, 4) is 0 Å². The average Bonchev–Trinajstić information content (AvgIpc) is 2.70. The number of rotatable bonds is 24. The number of phosphoric ester groups is 1. The molecule has 0 spiro atoms. The molecule has 0 saturated heterocycles. The maximum atomic E-state index is 10.5. The Kier molecular flexibility index (Phi) is 22.3. The van der Waals surface area contributed by atoms with Crippen LogP contribution in [-0.2, 0) is 13.8 Å². The molecule has 182 valence electrons. The highest BCUT2D eigenvalue weighted by Gasteiger charge is 2.16. The number of hydrogen-bond acceptors (Lipinski definition) is 4. The molecule has 30 heavy (non-hydrogen) atoms. The molecule has 0 aromatic carbocycles. The molecule has 6 nitrogen and oxygen atoms in total. The Labute approximate surface area is 185 Å². The third kappa shape index (κ3) is 26.1. The molecule has 0 aromatic heterocycles. The lowest BCUT2D eigenvalue weighted by molar-refractivity contribution is 0.00476. The minimum Gasteiger partial charge on any atom is -0.388 e. The van der Waals surface area contributed by atoms with Gasteiger partial charge in [0.05, 0.1) is 13.2 Å². The monoisotopic (exact) mass is 452 g/mol. The first-order valence-electron chi connectivity index (χ1n) is 12.4. The first kappa shape index (κ1) is 30.0. The maximum absolute atomic E-state index is 10.5. The quantitative estimate of drug-likeness (QED) is 0.114. The van der Waals surface area contributed by atoms with Crippen LogP contribution < -0.4 is 0 Å². The Hall–Kier alpha value is 0.0300. The maximum Gasteiger partial charge on any atom is 0.469 e. The Morgan fingerprint density at radius 2 is 1.00 bits per heavy atom. The summed E-state index contributed by atoms with van der Waals surface area (Å²) in [6.45, 7) is 2.46. The van der Waals surface area contributed by atoms with Crippen LogP contribution in [0.2, 0.25) is 0 Å². The fraction of sp³-hybridized carbons (Fsp3) is 1.00. The van der Waals surface area contributed by atoms with Crippen LogP contribution in [0.15, 0.2) is 0 Å². The van der Waals surface area contributed by atoms with Gasteiger partial charge in [0, 0.05) is 6.61 Å². The molecule has 0 fully saturated rings. The van der Waals surface area contributed by atoms with Crippen LogP contribution in [0.1, 0.15) is 122 Å². The molecule has 0 amide bonds. The zero-order chi connectivity index (χ0) is 22.3. The first-order chi connectivity index (χ1) is 14.5. The molecule has 0 radical (unpaired) electrons. The summed E-state index contributed by atoms with van der Waals surface area (Å²) >= 11 is 0. The van der Waals surface area contributed by atoms with Crippen LogP contribution in [0.4, 0.5) is 0 Å². The molecule has 7 heteroatoms. The third-order valence-corrected chi connectivity index (χ3v) is 5.87. The van der Waals surface area contributed by atoms with Crippen molar-refractivity contribution in [2.45, 2.75) is 129 Å². The van der Waals surface area contributed by atoms with E-state index in [4.69, 9.17) is 14.5 Å². The van der Waals surface area contributed by atoms with E-state index in [-0.39, 0.29) is 6.61 Å². The largest absolute Gasteiger partial charge is 0.469 e. The van der Waals surface area contributed by atoms with Crippen LogP contribution in [0.25, 0.3) is 0 Å². The van der Waals surface area contributed by atoms with Gasteiger partial charge in [-0.2, -0.15) is 0 Å². The van der Waals surface area contributed by atoms with Crippen LogP contribution >= 0.6 is 7.82 Å². The number of aliphatic hydroxyl groups is 1. The highest BCUT2D eigenvalue weighted by molar-refractivity contribution is 7.46. The summed E-state index contributed by atoms with van der Waals surface area (Å²) in [5.74, 6) is 0. The van der Waals surface area contributed by atoms with Gasteiger partial charge >= 0.3 is 7.82 Å². The molecule has 0 saturated carbocycles. The lowest BCUT2D eigenvalue weighted by Crippen LogP contribution is -2.21. The summed E-state index contributed by atoms with van der Waals surface area (Å²) in [6, 6.07) is 0. The van der Waals surface area contributed by atoms with Crippen molar-refractivity contribution >= 4 is 7.82 Å². The molecule has 0 bridgehead atoms. The van der Waals surface area contributed by atoms with E-state index >= 15 is 0 Å². The second-order valence-corrected chi connectivity index (χ2v) is 9.76. The summed E-state index contributed by atoms with van der Waals surface area (Å²) in [6.07, 6.45) is 23.1. The molecule has 0 aliphatic carbocycles. The molecule has 0 heterocycles. The minimum atomic E-state index is -4.52. The van der Waals surface area contributed by atoms with Gasteiger partial charge in [-0.25, -0.2) is 4.57 Å². The van der Waals surface area contributed by atoms with Gasteiger partial charge in [0.2, 0.25) is 0 Å². The molecule has 0 rings (SSSR count). The smallest absolute Gasteiger partial charge is 0.388 e. The van der Waals surface area contributed by atoms with E-state index in [0.717, 1.165) is 12.8 Å². The van der Waals surface area contributed by atoms with Crippen LogP contribution in [0.3, 0.4) is 0 Å². The first-order valence-corrected chi connectivity index (χ1v) is 13.9. The second kappa shape index (κ2) is 22.2. The molecule has 0 aliphatic rings. The Balaban J connectivity index is 3.12. The van der Waals surface area contributed by atoms with E-state index in [1.165, 1.54) is 103 Å². The third-order valence-electron chi connectivity index (χ3n) is 5.39. The zero-order valence-electron chi connectivity index (χ0n) is 19.4. The number of unbranched alkanes of at least 4 members (excludes halogenated alkanes) is 17. The summed E-state index contributed by atoms with van der Waals surface area (Å²) in [7, 11) is -4.52. The highest BCUT2D eigenvalue weighted by Crippen LogP contribution is 2.35. The lowest BCUT2D eigenvalue weighted by Gasteiger charge is -2.12. The molecular formula is C23H49O6P. The second-order valence-electron chi connectivity index (χ2n) is 8.53. The van der Waals surface area contributed by atoms with E-state index in [2.05, 4.69) is 11.4 Å². The van der Waals surface area contributed by atoms with Gasteiger partial charge in [-0.1, -0.05) is 116 Å². The predicted octanol–water partition coefficient (Wildman–Crippen LogP) is 6.51. The lowest BCUT2D eigenvalue weighted by atomic mass is 10.0. The van der Waals surface area contributed by atoms with Crippen molar-refractivity contribution in [2.24, 2.45) is 0 Å². The summed E-state index contributed by atoms with van der Waals surface area (Å²) < 4.78 is 20.0. The van der Waals surface area contributed by atoms with E-state index in [0.29, 0.717) is 6.61 Å². The SMILES string of the molecule is CCCCCCCCCCCCCCCCCCCCOC[C@@H](O)COP(=O)(O)O. The number of hydrogen-bond donors (Lipinski definition) is 3. The molecule has 3 N–H and O–H groups in total. The number of ether oxygens (including phenoxy) is 1. The van der Waals surface area contributed by atoms with Gasteiger partial charge < -0.3 is 19.6 Å². The molecule has 1 atom stereocenters. The van der Waals surface area contributed by atoms with Crippen LogP contribution in [0, 0.1) is 0 Å². The average molecular weight is 453 g/mol. The van der Waals surface area contributed by atoms with Gasteiger partial charge in [-0.05, 0) is 6.42 Å². The van der Waals surface area contributed by atoms with Gasteiger partial charge in [0.25, 0.3) is 0 Å². The van der Waals surface area contributed by atoms with Crippen molar-refractivity contribution < 1.29 is 28.7 Å². The molecule has 0 aliphatic heterocycles. The van der Waals surface area contributed by atoms with Crippen molar-refractivity contribution in [1.82, 2.24) is 0 Å². The Bertz CT molecular complexity index is 388. The van der Waals surface area contributed by atoms with Crippen LogP contribution in [0.5, 0.6) is 0 Å². The topological polar surface area (TPSA) is 96.2 Å². The molecule has 0 aromatic rings. The molecular weight excluding hydrogens is 403 g/mol. The van der Waals surface area contributed by atoms with Gasteiger partial charge in [0.15, 0.2) is 0 Å².